The van der Waals surface area contributed by atoms with Crippen molar-refractivity contribution in [2.75, 3.05) is 0 Å². The Labute approximate surface area is 252 Å². The molecule has 3 aliphatic rings. The first-order valence-electron chi connectivity index (χ1n) is 16.5. The summed E-state index contributed by atoms with van der Waals surface area (Å²) in [6.45, 7) is 28.3. The van der Waals surface area contributed by atoms with Crippen LogP contribution >= 0.6 is 0 Å². The van der Waals surface area contributed by atoms with E-state index in [0.717, 1.165) is 25.7 Å². The number of aromatic nitrogens is 1. The van der Waals surface area contributed by atoms with Gasteiger partial charge in [0.2, 0.25) is 0 Å². The summed E-state index contributed by atoms with van der Waals surface area (Å²) >= 11 is 0. The molecule has 1 aliphatic heterocycles. The second kappa shape index (κ2) is 10.6. The van der Waals surface area contributed by atoms with Crippen molar-refractivity contribution in [3.05, 3.63) is 63.5 Å². The van der Waals surface area contributed by atoms with Crippen LogP contribution in [0.1, 0.15) is 165 Å². The van der Waals surface area contributed by atoms with Gasteiger partial charge in [0.25, 0.3) is 0 Å². The summed E-state index contributed by atoms with van der Waals surface area (Å²) in [6.07, 6.45) is 6.76. The summed E-state index contributed by atoms with van der Waals surface area (Å²) in [5.41, 5.74) is 9.37. The molecule has 3 nitrogen and oxygen atoms in total. The van der Waals surface area contributed by atoms with Crippen LogP contribution in [-0.4, -0.2) is 13.3 Å². The lowest BCUT2D eigenvalue weighted by Crippen LogP contribution is -2.44. The van der Waals surface area contributed by atoms with Crippen molar-refractivity contribution in [2.24, 2.45) is 11.3 Å². The third-order valence-corrected chi connectivity index (χ3v) is 15.5. The molecule has 0 N–H and O–H groups in total. The Morgan fingerprint density at radius 1 is 1.02 bits per heavy atom. The third-order valence-electron chi connectivity index (χ3n) is 11.0. The molecule has 5 rings (SSSR count). The van der Waals surface area contributed by atoms with Gasteiger partial charge in [0.05, 0.1) is 11.7 Å². The minimum Gasteiger partial charge on any atom is -0.410 e. The van der Waals surface area contributed by atoms with Crippen LogP contribution in [-0.2, 0) is 21.2 Å². The number of rotatable bonds is 6. The fourth-order valence-corrected chi connectivity index (χ4v) is 9.04. The van der Waals surface area contributed by atoms with Gasteiger partial charge in [-0.25, -0.2) is 0 Å². The Kier molecular flexibility index (Phi) is 8.00. The summed E-state index contributed by atoms with van der Waals surface area (Å²) in [5, 5.41) is 0.150. The van der Waals surface area contributed by atoms with Crippen molar-refractivity contribution in [3.8, 4) is 0 Å². The lowest BCUT2D eigenvalue weighted by Gasteiger charge is -2.46. The van der Waals surface area contributed by atoms with Gasteiger partial charge < -0.3 is 9.16 Å². The lowest BCUT2D eigenvalue weighted by atomic mass is 9.69. The van der Waals surface area contributed by atoms with E-state index in [1.807, 2.05) is 0 Å². The molecular weight excluding hydrogens is 518 g/mol. The van der Waals surface area contributed by atoms with E-state index in [1.54, 1.807) is 0 Å². The SMILES string of the molecule is CCC1CCCC12OC(c1ccc(C(C)C)cc1)c1c(C(C)C)nc3c(c12)C(O[Si](C)(C)C(C)(C)C)CC(C)(C)C3. The maximum Gasteiger partial charge on any atom is 0.192 e. The van der Waals surface area contributed by atoms with Crippen LogP contribution < -0.4 is 0 Å². The van der Waals surface area contributed by atoms with Gasteiger partial charge in [0, 0.05) is 22.5 Å². The number of hydrogen-bond acceptors (Lipinski definition) is 3. The highest BCUT2D eigenvalue weighted by Gasteiger charge is 2.57. The highest BCUT2D eigenvalue weighted by atomic mass is 28.4. The topological polar surface area (TPSA) is 31.4 Å². The molecule has 1 aromatic carbocycles. The average Bonchev–Trinajstić information content (AvgIpc) is 3.43. The van der Waals surface area contributed by atoms with Crippen LogP contribution in [0.3, 0.4) is 0 Å². The number of fused-ring (bicyclic) bond motifs is 4. The van der Waals surface area contributed by atoms with Crippen LogP contribution in [0.15, 0.2) is 24.3 Å². The Morgan fingerprint density at radius 3 is 2.24 bits per heavy atom. The predicted octanol–water partition coefficient (Wildman–Crippen LogP) is 10.9. The van der Waals surface area contributed by atoms with Gasteiger partial charge in [0.15, 0.2) is 8.32 Å². The highest BCUT2D eigenvalue weighted by molar-refractivity contribution is 6.74. The maximum atomic E-state index is 7.54. The lowest BCUT2D eigenvalue weighted by molar-refractivity contribution is -0.0891. The molecule has 2 aliphatic carbocycles. The summed E-state index contributed by atoms with van der Waals surface area (Å²) in [5.74, 6) is 1.37. The summed E-state index contributed by atoms with van der Waals surface area (Å²) < 4.78 is 15.0. The van der Waals surface area contributed by atoms with Crippen molar-refractivity contribution < 1.29 is 9.16 Å². The van der Waals surface area contributed by atoms with Crippen LogP contribution in [0.4, 0.5) is 0 Å². The molecular formula is C37H57NO2Si. The molecule has 226 valence electrons. The second-order valence-electron chi connectivity index (χ2n) is 16.4. The Morgan fingerprint density at radius 2 is 1.68 bits per heavy atom. The molecule has 1 spiro atoms. The smallest absolute Gasteiger partial charge is 0.192 e. The van der Waals surface area contributed by atoms with Crippen molar-refractivity contribution in [1.82, 2.24) is 4.98 Å². The Hall–Kier alpha value is -1.49. The van der Waals surface area contributed by atoms with E-state index >= 15 is 0 Å². The first-order chi connectivity index (χ1) is 19.0. The Balaban J connectivity index is 1.80. The molecule has 4 unspecified atom stereocenters. The van der Waals surface area contributed by atoms with Crippen molar-refractivity contribution in [3.63, 3.8) is 0 Å². The van der Waals surface area contributed by atoms with Gasteiger partial charge in [-0.2, -0.15) is 0 Å². The van der Waals surface area contributed by atoms with Gasteiger partial charge in [-0.05, 0) is 90.1 Å². The van der Waals surface area contributed by atoms with Crippen molar-refractivity contribution in [2.45, 2.75) is 156 Å². The molecule has 4 atom stereocenters. The molecule has 2 aromatic rings. The molecule has 1 saturated carbocycles. The molecule has 41 heavy (non-hydrogen) atoms. The molecule has 4 heteroatoms. The average molecular weight is 576 g/mol. The van der Waals surface area contributed by atoms with Gasteiger partial charge in [-0.1, -0.05) is 99.9 Å². The van der Waals surface area contributed by atoms with Crippen LogP contribution in [0.5, 0.6) is 0 Å². The number of hydrogen-bond donors (Lipinski definition) is 0. The van der Waals surface area contributed by atoms with Gasteiger partial charge in [0.1, 0.15) is 6.10 Å². The van der Waals surface area contributed by atoms with E-state index in [2.05, 4.69) is 107 Å². The van der Waals surface area contributed by atoms with Crippen LogP contribution in [0.2, 0.25) is 18.1 Å². The molecule has 0 bridgehead atoms. The predicted molar refractivity (Wildman–Crippen MR) is 174 cm³/mol. The fourth-order valence-electron chi connectivity index (χ4n) is 7.77. The zero-order valence-corrected chi connectivity index (χ0v) is 29.2. The van der Waals surface area contributed by atoms with Crippen molar-refractivity contribution in [1.29, 1.82) is 0 Å². The summed E-state index contributed by atoms with van der Waals surface area (Å²) in [4.78, 5) is 5.60. The van der Waals surface area contributed by atoms with Crippen LogP contribution in [0, 0.1) is 11.3 Å². The zero-order valence-electron chi connectivity index (χ0n) is 28.2. The maximum absolute atomic E-state index is 7.54. The number of benzene rings is 1. The molecule has 0 radical (unpaired) electrons. The van der Waals surface area contributed by atoms with E-state index in [9.17, 15) is 0 Å². The number of ether oxygens (including phenoxy) is 1. The molecule has 1 aromatic heterocycles. The van der Waals surface area contributed by atoms with Crippen molar-refractivity contribution >= 4 is 8.32 Å². The second-order valence-corrected chi connectivity index (χ2v) is 21.2. The van der Waals surface area contributed by atoms with Gasteiger partial charge in [-0.3, -0.25) is 4.98 Å². The highest BCUT2D eigenvalue weighted by Crippen LogP contribution is 2.62. The monoisotopic (exact) mass is 575 g/mol. The van der Waals surface area contributed by atoms with E-state index in [0.29, 0.717) is 17.8 Å². The largest absolute Gasteiger partial charge is 0.410 e. The molecule has 0 amide bonds. The normalized spacial score (nSPS) is 27.6. The summed E-state index contributed by atoms with van der Waals surface area (Å²) in [6, 6.07) is 9.28. The number of pyridine rings is 1. The zero-order chi connectivity index (χ0) is 30.1. The molecule has 0 saturated heterocycles. The first-order valence-corrected chi connectivity index (χ1v) is 19.4. The van der Waals surface area contributed by atoms with E-state index in [4.69, 9.17) is 14.1 Å². The fraction of sp³-hybridized carbons (Fsp3) is 0.703. The van der Waals surface area contributed by atoms with E-state index in [1.165, 1.54) is 52.0 Å². The molecule has 2 heterocycles. The standard InChI is InChI=1S/C37H57NO2Si/c1-13-27-15-14-20-37(27)32-30-28(21-36(9,10)22-29(30)40-41(11,12)35(6,7)8)38-33(24(4)5)31(32)34(39-37)26-18-16-25(17-19-26)23(2)3/h16-19,23-24,27,29,34H,13-15,20-22H2,1-12H3. The van der Waals surface area contributed by atoms with Crippen LogP contribution in [0.25, 0.3) is 0 Å². The van der Waals surface area contributed by atoms with Gasteiger partial charge >= 0.3 is 0 Å². The number of nitrogens with zero attached hydrogens (tertiary/aromatic N) is 1. The minimum absolute atomic E-state index is 0.0674. The minimum atomic E-state index is -2.03. The Bertz CT molecular complexity index is 1270. The summed E-state index contributed by atoms with van der Waals surface area (Å²) in [7, 11) is -2.03. The van der Waals surface area contributed by atoms with Gasteiger partial charge in [-0.15, -0.1) is 0 Å². The third kappa shape index (κ3) is 5.29. The van der Waals surface area contributed by atoms with E-state index < -0.39 is 8.32 Å². The molecule has 1 fully saturated rings. The first kappa shape index (κ1) is 30.9. The van der Waals surface area contributed by atoms with E-state index in [-0.39, 0.29) is 28.3 Å². The quantitative estimate of drug-likeness (QED) is 0.321.